The van der Waals surface area contributed by atoms with E-state index in [0.717, 1.165) is 43.6 Å². The lowest BCUT2D eigenvalue weighted by molar-refractivity contribution is 0.184. The molecule has 0 saturated heterocycles. The Morgan fingerprint density at radius 1 is 1.12 bits per heavy atom. The second kappa shape index (κ2) is 9.02. The molecule has 0 atom stereocenters. The molecular weight excluding hydrogens is 216 g/mol. The summed E-state index contributed by atoms with van der Waals surface area (Å²) in [6, 6.07) is 7.98. The van der Waals surface area contributed by atoms with E-state index in [1.807, 2.05) is 24.3 Å². The topological polar surface area (TPSA) is 38.7 Å². The quantitative estimate of drug-likeness (QED) is 0.672. The van der Waals surface area contributed by atoms with Crippen molar-refractivity contribution in [2.24, 2.45) is 0 Å². The third-order valence-electron chi connectivity index (χ3n) is 2.53. The maximum Gasteiger partial charge on any atom is 0.119 e. The summed E-state index contributed by atoms with van der Waals surface area (Å²) in [5.74, 6) is 0.904. The molecule has 1 rings (SSSR count). The van der Waals surface area contributed by atoms with Gasteiger partial charge in [0.25, 0.3) is 0 Å². The van der Waals surface area contributed by atoms with Crippen LogP contribution in [0.15, 0.2) is 24.3 Å². The van der Waals surface area contributed by atoms with Gasteiger partial charge < -0.3 is 14.6 Å². The zero-order valence-electron chi connectivity index (χ0n) is 10.5. The lowest BCUT2D eigenvalue weighted by Gasteiger charge is -2.07. The molecule has 3 heteroatoms. The van der Waals surface area contributed by atoms with Gasteiger partial charge in [0.2, 0.25) is 0 Å². The first-order valence-corrected chi connectivity index (χ1v) is 6.18. The lowest BCUT2D eigenvalue weighted by atomic mass is 10.2. The van der Waals surface area contributed by atoms with E-state index in [4.69, 9.17) is 14.6 Å². The molecule has 0 aliphatic carbocycles. The van der Waals surface area contributed by atoms with Gasteiger partial charge in [-0.3, -0.25) is 0 Å². The lowest BCUT2D eigenvalue weighted by Crippen LogP contribution is -1.98. The first-order chi connectivity index (χ1) is 8.36. The van der Waals surface area contributed by atoms with Gasteiger partial charge in [-0.15, -0.1) is 0 Å². The maximum absolute atomic E-state index is 8.64. The van der Waals surface area contributed by atoms with Crippen molar-refractivity contribution < 1.29 is 14.6 Å². The first kappa shape index (κ1) is 14.0. The zero-order chi connectivity index (χ0) is 12.3. The van der Waals surface area contributed by atoms with E-state index in [0.29, 0.717) is 13.2 Å². The van der Waals surface area contributed by atoms with Crippen molar-refractivity contribution in [1.29, 1.82) is 0 Å². The molecule has 0 aliphatic heterocycles. The molecule has 96 valence electrons. The van der Waals surface area contributed by atoms with Crippen LogP contribution in [0.1, 0.15) is 31.2 Å². The van der Waals surface area contributed by atoms with Crippen LogP contribution in [-0.2, 0) is 11.3 Å². The molecule has 0 radical (unpaired) electrons. The molecule has 0 unspecified atom stereocenters. The Hall–Kier alpha value is -1.06. The molecule has 0 saturated carbocycles. The molecule has 0 amide bonds. The molecule has 1 N–H and O–H groups in total. The van der Waals surface area contributed by atoms with E-state index in [1.54, 1.807) is 7.11 Å². The summed E-state index contributed by atoms with van der Waals surface area (Å²) in [5.41, 5.74) is 1.13. The van der Waals surface area contributed by atoms with Gasteiger partial charge in [-0.2, -0.15) is 0 Å². The van der Waals surface area contributed by atoms with Crippen LogP contribution in [0.5, 0.6) is 5.75 Å². The Balaban J connectivity index is 2.19. The second-order valence-corrected chi connectivity index (χ2v) is 4.07. The van der Waals surface area contributed by atoms with Crippen LogP contribution in [-0.4, -0.2) is 25.4 Å². The van der Waals surface area contributed by atoms with Gasteiger partial charge in [-0.25, -0.2) is 0 Å². The summed E-state index contributed by atoms with van der Waals surface area (Å²) in [6.07, 6.45) is 4.11. The fraction of sp³-hybridized carbons (Fsp3) is 0.571. The van der Waals surface area contributed by atoms with Crippen molar-refractivity contribution in [3.05, 3.63) is 29.8 Å². The standard InChI is InChI=1S/C14H22O3/c1-16-12-13-7-6-8-14(11-13)17-10-5-3-2-4-9-15/h6-8,11,15H,2-5,9-10,12H2,1H3. The van der Waals surface area contributed by atoms with Crippen LogP contribution < -0.4 is 4.74 Å². The van der Waals surface area contributed by atoms with E-state index in [1.165, 1.54) is 0 Å². The van der Waals surface area contributed by atoms with Crippen LogP contribution in [0.2, 0.25) is 0 Å². The number of benzene rings is 1. The average molecular weight is 238 g/mol. The smallest absolute Gasteiger partial charge is 0.119 e. The van der Waals surface area contributed by atoms with Gasteiger partial charge in [0.1, 0.15) is 5.75 Å². The molecule has 17 heavy (non-hydrogen) atoms. The minimum atomic E-state index is 0.292. The minimum Gasteiger partial charge on any atom is -0.494 e. The van der Waals surface area contributed by atoms with Crippen molar-refractivity contribution in [2.75, 3.05) is 20.3 Å². The van der Waals surface area contributed by atoms with Gasteiger partial charge in [0.05, 0.1) is 13.2 Å². The predicted octanol–water partition coefficient (Wildman–Crippen LogP) is 2.76. The van der Waals surface area contributed by atoms with Crippen molar-refractivity contribution in [3.8, 4) is 5.75 Å². The monoisotopic (exact) mass is 238 g/mol. The predicted molar refractivity (Wildman–Crippen MR) is 68.2 cm³/mol. The largest absolute Gasteiger partial charge is 0.494 e. The molecule has 0 aromatic heterocycles. The van der Waals surface area contributed by atoms with Crippen LogP contribution >= 0.6 is 0 Å². The van der Waals surface area contributed by atoms with E-state index in [2.05, 4.69) is 0 Å². The van der Waals surface area contributed by atoms with Gasteiger partial charge in [-0.05, 0) is 37.0 Å². The molecule has 0 fully saturated rings. The number of unbranched alkanes of at least 4 members (excludes halogenated alkanes) is 3. The van der Waals surface area contributed by atoms with Gasteiger partial charge in [0, 0.05) is 13.7 Å². The second-order valence-electron chi connectivity index (χ2n) is 4.07. The highest BCUT2D eigenvalue weighted by molar-refractivity contribution is 5.28. The summed E-state index contributed by atoms with van der Waals surface area (Å²) in [4.78, 5) is 0. The van der Waals surface area contributed by atoms with Crippen LogP contribution in [0, 0.1) is 0 Å². The molecule has 0 aliphatic rings. The van der Waals surface area contributed by atoms with Crippen molar-refractivity contribution in [2.45, 2.75) is 32.3 Å². The molecule has 0 spiro atoms. The van der Waals surface area contributed by atoms with Crippen molar-refractivity contribution in [1.82, 2.24) is 0 Å². The number of hydrogen-bond acceptors (Lipinski definition) is 3. The Morgan fingerprint density at radius 3 is 2.71 bits per heavy atom. The molecule has 1 aromatic carbocycles. The van der Waals surface area contributed by atoms with Gasteiger partial charge >= 0.3 is 0 Å². The molecule has 3 nitrogen and oxygen atoms in total. The fourth-order valence-corrected chi connectivity index (χ4v) is 1.65. The van der Waals surface area contributed by atoms with Crippen LogP contribution in [0.4, 0.5) is 0 Å². The average Bonchev–Trinajstić information content (AvgIpc) is 2.35. The number of methoxy groups -OCH3 is 1. The molecular formula is C14H22O3. The van der Waals surface area contributed by atoms with Crippen LogP contribution in [0.25, 0.3) is 0 Å². The van der Waals surface area contributed by atoms with Gasteiger partial charge in [-0.1, -0.05) is 18.6 Å². The highest BCUT2D eigenvalue weighted by Crippen LogP contribution is 2.14. The number of rotatable bonds is 9. The van der Waals surface area contributed by atoms with E-state index < -0.39 is 0 Å². The Bertz CT molecular complexity index is 299. The van der Waals surface area contributed by atoms with E-state index in [-0.39, 0.29) is 0 Å². The van der Waals surface area contributed by atoms with Crippen molar-refractivity contribution >= 4 is 0 Å². The molecule has 0 bridgehead atoms. The summed E-state index contributed by atoms with van der Waals surface area (Å²) in [5, 5.41) is 8.64. The summed E-state index contributed by atoms with van der Waals surface area (Å²) >= 11 is 0. The normalized spacial score (nSPS) is 10.5. The highest BCUT2D eigenvalue weighted by atomic mass is 16.5. The zero-order valence-corrected chi connectivity index (χ0v) is 10.5. The summed E-state index contributed by atoms with van der Waals surface area (Å²) < 4.78 is 10.7. The Labute approximate surface area is 103 Å². The number of aliphatic hydroxyl groups is 1. The summed E-state index contributed by atoms with van der Waals surface area (Å²) in [7, 11) is 1.69. The highest BCUT2D eigenvalue weighted by Gasteiger charge is 1.97. The molecule has 1 aromatic rings. The number of ether oxygens (including phenoxy) is 2. The SMILES string of the molecule is COCc1cccc(OCCCCCCO)c1. The van der Waals surface area contributed by atoms with Crippen LogP contribution in [0.3, 0.4) is 0 Å². The Morgan fingerprint density at radius 2 is 1.94 bits per heavy atom. The Kier molecular flexibility index (Phi) is 7.43. The minimum absolute atomic E-state index is 0.292. The number of aliphatic hydroxyl groups excluding tert-OH is 1. The number of hydrogen-bond donors (Lipinski definition) is 1. The van der Waals surface area contributed by atoms with Crippen molar-refractivity contribution in [3.63, 3.8) is 0 Å². The third-order valence-corrected chi connectivity index (χ3v) is 2.53. The first-order valence-electron chi connectivity index (χ1n) is 6.18. The maximum atomic E-state index is 8.64. The van der Waals surface area contributed by atoms with Gasteiger partial charge in [0.15, 0.2) is 0 Å². The van der Waals surface area contributed by atoms with E-state index in [9.17, 15) is 0 Å². The third kappa shape index (κ3) is 6.29. The fourth-order valence-electron chi connectivity index (χ4n) is 1.65. The summed E-state index contributed by atoms with van der Waals surface area (Å²) in [6.45, 7) is 1.65. The van der Waals surface area contributed by atoms with E-state index >= 15 is 0 Å². The molecule has 0 heterocycles.